The Labute approximate surface area is 135 Å². The minimum atomic E-state index is 0.243. The van der Waals surface area contributed by atoms with E-state index in [4.69, 9.17) is 0 Å². The summed E-state index contributed by atoms with van der Waals surface area (Å²) in [5.74, 6) is 0. The van der Waals surface area contributed by atoms with Gasteiger partial charge in [-0.15, -0.1) is 0 Å². The molecule has 1 aromatic heterocycles. The molecule has 0 aromatic carbocycles. The van der Waals surface area contributed by atoms with E-state index in [2.05, 4.69) is 36.7 Å². The Morgan fingerprint density at radius 3 is 2.73 bits per heavy atom. The van der Waals surface area contributed by atoms with Crippen molar-refractivity contribution in [2.45, 2.75) is 91.3 Å². The Balaban J connectivity index is 2.26. The lowest BCUT2D eigenvalue weighted by atomic mass is 9.94. The molecule has 22 heavy (non-hydrogen) atoms. The Hall–Kier alpha value is -1.09. The fourth-order valence-corrected chi connectivity index (χ4v) is 3.26. The van der Waals surface area contributed by atoms with Crippen molar-refractivity contribution in [2.75, 3.05) is 0 Å². The number of aryl methyl sites for hydroxylation is 1. The monoisotopic (exact) mass is 304 g/mol. The fraction of sp³-hybridized carbons (Fsp3) is 0.737. The largest absolute Gasteiger partial charge is 0.312 e. The molecule has 1 aliphatic rings. The van der Waals surface area contributed by atoms with Crippen molar-refractivity contribution in [1.29, 1.82) is 0 Å². The molecule has 0 saturated carbocycles. The van der Waals surface area contributed by atoms with Gasteiger partial charge in [0.05, 0.1) is 0 Å². The number of aromatic nitrogens is 1. The van der Waals surface area contributed by atoms with Crippen LogP contribution in [0.15, 0.2) is 10.9 Å². The van der Waals surface area contributed by atoms with Gasteiger partial charge in [0.25, 0.3) is 5.56 Å². The molecule has 0 radical (unpaired) electrons. The third kappa shape index (κ3) is 4.22. The van der Waals surface area contributed by atoms with Gasteiger partial charge in [-0.05, 0) is 57.1 Å². The van der Waals surface area contributed by atoms with E-state index in [9.17, 15) is 4.79 Å². The highest BCUT2D eigenvalue weighted by atomic mass is 16.1. The summed E-state index contributed by atoms with van der Waals surface area (Å²) in [6.45, 7) is 8.16. The van der Waals surface area contributed by atoms with E-state index < -0.39 is 0 Å². The molecule has 1 aliphatic carbocycles. The van der Waals surface area contributed by atoms with Gasteiger partial charge in [0.15, 0.2) is 0 Å². The lowest BCUT2D eigenvalue weighted by molar-refractivity contribution is 0.510. The minimum absolute atomic E-state index is 0.243. The molecule has 0 spiro atoms. The van der Waals surface area contributed by atoms with Crippen molar-refractivity contribution in [1.82, 2.24) is 9.88 Å². The van der Waals surface area contributed by atoms with E-state index >= 15 is 0 Å². The number of pyridine rings is 1. The zero-order valence-electron chi connectivity index (χ0n) is 14.6. The summed E-state index contributed by atoms with van der Waals surface area (Å²) in [4.78, 5) is 12.9. The first-order valence-corrected chi connectivity index (χ1v) is 9.15. The van der Waals surface area contributed by atoms with E-state index in [0.717, 1.165) is 37.8 Å². The predicted octanol–water partition coefficient (Wildman–Crippen LogP) is 3.81. The van der Waals surface area contributed by atoms with Crippen LogP contribution >= 0.6 is 0 Å². The maximum atomic E-state index is 12.9. The number of fused-ring (bicyclic) bond motifs is 1. The van der Waals surface area contributed by atoms with Gasteiger partial charge in [-0.3, -0.25) is 4.79 Å². The maximum absolute atomic E-state index is 12.9. The summed E-state index contributed by atoms with van der Waals surface area (Å²) < 4.78 is 2.10. The molecule has 1 atom stereocenters. The summed E-state index contributed by atoms with van der Waals surface area (Å²) in [7, 11) is 0. The summed E-state index contributed by atoms with van der Waals surface area (Å²) in [6, 6.07) is 2.65. The second kappa shape index (κ2) is 8.52. The van der Waals surface area contributed by atoms with E-state index in [1.807, 2.05) is 0 Å². The molecule has 0 aliphatic heterocycles. The topological polar surface area (TPSA) is 34.0 Å². The fourth-order valence-electron chi connectivity index (χ4n) is 3.26. The Morgan fingerprint density at radius 1 is 1.23 bits per heavy atom. The molecular formula is C19H32N2O. The molecular weight excluding hydrogens is 272 g/mol. The summed E-state index contributed by atoms with van der Waals surface area (Å²) in [6.07, 6.45) is 9.32. The first-order valence-electron chi connectivity index (χ1n) is 9.15. The smallest absolute Gasteiger partial charge is 0.255 e. The van der Waals surface area contributed by atoms with Crippen LogP contribution < -0.4 is 10.9 Å². The van der Waals surface area contributed by atoms with Crippen molar-refractivity contribution in [3.8, 4) is 0 Å². The summed E-state index contributed by atoms with van der Waals surface area (Å²) in [5.41, 5.74) is 3.94. The number of unbranched alkanes of at least 4 members (excludes halogenated alkanes) is 2. The second-order valence-corrected chi connectivity index (χ2v) is 6.70. The molecule has 3 heteroatoms. The van der Waals surface area contributed by atoms with Gasteiger partial charge in [-0.2, -0.15) is 0 Å². The van der Waals surface area contributed by atoms with Crippen molar-refractivity contribution in [2.24, 2.45) is 0 Å². The maximum Gasteiger partial charge on any atom is 0.255 e. The quantitative estimate of drug-likeness (QED) is 0.741. The van der Waals surface area contributed by atoms with Gasteiger partial charge < -0.3 is 9.88 Å². The lowest BCUT2D eigenvalue weighted by Gasteiger charge is -2.23. The highest BCUT2D eigenvalue weighted by Crippen LogP contribution is 2.21. The van der Waals surface area contributed by atoms with Gasteiger partial charge in [0, 0.05) is 30.4 Å². The van der Waals surface area contributed by atoms with Gasteiger partial charge in [-0.25, -0.2) is 0 Å². The molecule has 1 N–H and O–H groups in total. The molecule has 0 amide bonds. The van der Waals surface area contributed by atoms with Crippen LogP contribution in [-0.2, 0) is 25.9 Å². The van der Waals surface area contributed by atoms with Gasteiger partial charge in [-0.1, -0.05) is 26.7 Å². The van der Waals surface area contributed by atoms with Gasteiger partial charge in [0.2, 0.25) is 0 Å². The Kier molecular flexibility index (Phi) is 6.69. The molecule has 1 aromatic rings. The lowest BCUT2D eigenvalue weighted by Crippen LogP contribution is -2.34. The Bertz CT molecular complexity index is 533. The number of nitrogens with zero attached hydrogens (tertiary/aromatic N) is 1. The van der Waals surface area contributed by atoms with Crippen molar-refractivity contribution >= 4 is 0 Å². The number of rotatable bonds is 8. The normalized spacial score (nSPS) is 15.6. The number of hydrogen-bond acceptors (Lipinski definition) is 2. The van der Waals surface area contributed by atoms with Gasteiger partial charge >= 0.3 is 0 Å². The highest BCUT2D eigenvalue weighted by Gasteiger charge is 2.17. The molecule has 0 saturated heterocycles. The van der Waals surface area contributed by atoms with Crippen LogP contribution in [0, 0.1) is 0 Å². The van der Waals surface area contributed by atoms with Crippen LogP contribution in [0.4, 0.5) is 0 Å². The third-order valence-corrected chi connectivity index (χ3v) is 4.91. The van der Waals surface area contributed by atoms with E-state index in [-0.39, 0.29) is 5.56 Å². The average molecular weight is 304 g/mol. The molecule has 1 heterocycles. The molecule has 124 valence electrons. The van der Waals surface area contributed by atoms with E-state index in [1.54, 1.807) is 0 Å². The first-order chi connectivity index (χ1) is 10.7. The molecule has 3 nitrogen and oxygen atoms in total. The van der Waals surface area contributed by atoms with Crippen LogP contribution in [0.3, 0.4) is 0 Å². The van der Waals surface area contributed by atoms with Crippen LogP contribution in [0.2, 0.25) is 0 Å². The molecule has 0 fully saturated rings. The van der Waals surface area contributed by atoms with Crippen LogP contribution in [0.25, 0.3) is 0 Å². The third-order valence-electron chi connectivity index (χ3n) is 4.91. The minimum Gasteiger partial charge on any atom is -0.312 e. The SMILES string of the molecule is CCCCCn1c2c(cc(CNC(C)CC)c1=O)CCCC2. The number of hydrogen-bond donors (Lipinski definition) is 1. The first kappa shape index (κ1) is 17.3. The van der Waals surface area contributed by atoms with Gasteiger partial charge in [0.1, 0.15) is 0 Å². The van der Waals surface area contributed by atoms with E-state index in [0.29, 0.717) is 12.6 Å². The Morgan fingerprint density at radius 2 is 2.00 bits per heavy atom. The van der Waals surface area contributed by atoms with Crippen LogP contribution in [-0.4, -0.2) is 10.6 Å². The van der Waals surface area contributed by atoms with Crippen LogP contribution in [0.1, 0.15) is 76.1 Å². The van der Waals surface area contributed by atoms with Crippen molar-refractivity contribution in [3.05, 3.63) is 33.2 Å². The molecule has 2 rings (SSSR count). The molecule has 0 bridgehead atoms. The molecule has 1 unspecified atom stereocenters. The average Bonchev–Trinajstić information content (AvgIpc) is 2.55. The summed E-state index contributed by atoms with van der Waals surface area (Å²) >= 11 is 0. The second-order valence-electron chi connectivity index (χ2n) is 6.70. The highest BCUT2D eigenvalue weighted by molar-refractivity contribution is 5.29. The summed E-state index contributed by atoms with van der Waals surface area (Å²) in [5, 5.41) is 3.48. The zero-order valence-corrected chi connectivity index (χ0v) is 14.6. The van der Waals surface area contributed by atoms with Crippen molar-refractivity contribution in [3.63, 3.8) is 0 Å². The van der Waals surface area contributed by atoms with Crippen molar-refractivity contribution < 1.29 is 0 Å². The number of nitrogens with one attached hydrogen (secondary N) is 1. The predicted molar refractivity (Wildman–Crippen MR) is 93.5 cm³/mol. The van der Waals surface area contributed by atoms with Crippen LogP contribution in [0.5, 0.6) is 0 Å². The standard InChI is InChI=1S/C19H32N2O/c1-4-6-9-12-21-18-11-8-7-10-16(18)13-17(19(21)22)14-20-15(3)5-2/h13,15,20H,4-12,14H2,1-3H3. The van der Waals surface area contributed by atoms with E-state index in [1.165, 1.54) is 36.9 Å². The zero-order chi connectivity index (χ0) is 15.9.